The zero-order valence-corrected chi connectivity index (χ0v) is 7.88. The van der Waals surface area contributed by atoms with Crippen LogP contribution in [0.15, 0.2) is 36.7 Å². The van der Waals surface area contributed by atoms with Gasteiger partial charge in [-0.3, -0.25) is 0 Å². The van der Waals surface area contributed by atoms with E-state index in [1.54, 1.807) is 24.3 Å². The van der Waals surface area contributed by atoms with E-state index in [9.17, 15) is 5.11 Å². The number of rotatable bonds is 2. The van der Waals surface area contributed by atoms with Gasteiger partial charge in [-0.1, -0.05) is 6.07 Å². The predicted molar refractivity (Wildman–Crippen MR) is 57.8 cm³/mol. The van der Waals surface area contributed by atoms with Gasteiger partial charge < -0.3 is 16.2 Å². The van der Waals surface area contributed by atoms with Gasteiger partial charge in [0.25, 0.3) is 0 Å². The average Bonchev–Trinajstić information content (AvgIpc) is 2.17. The van der Waals surface area contributed by atoms with E-state index in [0.717, 1.165) is 5.69 Å². The van der Waals surface area contributed by atoms with Crippen molar-refractivity contribution in [3.05, 3.63) is 36.7 Å². The highest BCUT2D eigenvalue weighted by Crippen LogP contribution is 2.19. The smallest absolute Gasteiger partial charge is 0.135 e. The third-order valence-electron chi connectivity index (χ3n) is 1.81. The van der Waals surface area contributed by atoms with E-state index in [0.29, 0.717) is 11.6 Å². The molecular weight excluding hydrogens is 192 g/mol. The van der Waals surface area contributed by atoms with Gasteiger partial charge in [-0.2, -0.15) is 0 Å². The summed E-state index contributed by atoms with van der Waals surface area (Å²) in [6.45, 7) is 0. The summed E-state index contributed by atoms with van der Waals surface area (Å²) in [5, 5.41) is 12.2. The van der Waals surface area contributed by atoms with Crippen LogP contribution in [-0.2, 0) is 0 Å². The molecule has 15 heavy (non-hydrogen) atoms. The van der Waals surface area contributed by atoms with Crippen molar-refractivity contribution in [2.75, 3.05) is 11.1 Å². The largest absolute Gasteiger partial charge is 0.508 e. The van der Waals surface area contributed by atoms with Gasteiger partial charge in [0.15, 0.2) is 0 Å². The lowest BCUT2D eigenvalue weighted by molar-refractivity contribution is 0.475. The topological polar surface area (TPSA) is 84.1 Å². The SMILES string of the molecule is Nc1cc(Nc2cccc(O)c2)ncn1. The van der Waals surface area contributed by atoms with Crippen molar-refractivity contribution < 1.29 is 5.11 Å². The molecule has 5 nitrogen and oxygen atoms in total. The lowest BCUT2D eigenvalue weighted by Gasteiger charge is -2.05. The van der Waals surface area contributed by atoms with Gasteiger partial charge in [-0.05, 0) is 12.1 Å². The molecule has 0 atom stereocenters. The summed E-state index contributed by atoms with van der Waals surface area (Å²) < 4.78 is 0. The van der Waals surface area contributed by atoms with Crippen molar-refractivity contribution in [1.29, 1.82) is 0 Å². The number of hydrogen-bond donors (Lipinski definition) is 3. The van der Waals surface area contributed by atoms with Crippen LogP contribution in [-0.4, -0.2) is 15.1 Å². The summed E-state index contributed by atoms with van der Waals surface area (Å²) in [6.07, 6.45) is 1.38. The highest BCUT2D eigenvalue weighted by Gasteiger charge is 1.97. The second-order valence-corrected chi connectivity index (χ2v) is 3.00. The van der Waals surface area contributed by atoms with Gasteiger partial charge in [-0.15, -0.1) is 0 Å². The van der Waals surface area contributed by atoms with Crippen molar-refractivity contribution in [2.24, 2.45) is 0 Å². The number of nitrogens with zero attached hydrogens (tertiary/aromatic N) is 2. The maximum absolute atomic E-state index is 9.25. The van der Waals surface area contributed by atoms with Crippen LogP contribution in [0.1, 0.15) is 0 Å². The van der Waals surface area contributed by atoms with E-state index < -0.39 is 0 Å². The lowest BCUT2D eigenvalue weighted by atomic mass is 10.3. The zero-order valence-electron chi connectivity index (χ0n) is 7.88. The fourth-order valence-electron chi connectivity index (χ4n) is 1.17. The van der Waals surface area contributed by atoms with Gasteiger partial charge in [-0.25, -0.2) is 9.97 Å². The van der Waals surface area contributed by atoms with Crippen molar-refractivity contribution >= 4 is 17.3 Å². The molecule has 76 valence electrons. The maximum atomic E-state index is 9.25. The second-order valence-electron chi connectivity index (χ2n) is 3.00. The van der Waals surface area contributed by atoms with Gasteiger partial charge >= 0.3 is 0 Å². The van der Waals surface area contributed by atoms with E-state index in [1.165, 1.54) is 6.33 Å². The monoisotopic (exact) mass is 202 g/mol. The number of nitrogen functional groups attached to an aromatic ring is 1. The van der Waals surface area contributed by atoms with E-state index >= 15 is 0 Å². The molecule has 0 aliphatic rings. The van der Waals surface area contributed by atoms with Crippen LogP contribution in [0.4, 0.5) is 17.3 Å². The molecule has 1 aromatic carbocycles. The Hall–Kier alpha value is -2.30. The number of nitrogens with one attached hydrogen (secondary N) is 1. The minimum Gasteiger partial charge on any atom is -0.508 e. The summed E-state index contributed by atoms with van der Waals surface area (Å²) in [4.78, 5) is 7.76. The van der Waals surface area contributed by atoms with Crippen molar-refractivity contribution in [2.45, 2.75) is 0 Å². The minimum atomic E-state index is 0.196. The van der Waals surface area contributed by atoms with Crippen LogP contribution in [0.2, 0.25) is 0 Å². The minimum absolute atomic E-state index is 0.196. The molecule has 0 unspecified atom stereocenters. The molecule has 0 aliphatic heterocycles. The van der Waals surface area contributed by atoms with E-state index in [-0.39, 0.29) is 5.75 Å². The number of benzene rings is 1. The highest BCUT2D eigenvalue weighted by atomic mass is 16.3. The predicted octanol–water partition coefficient (Wildman–Crippen LogP) is 1.51. The van der Waals surface area contributed by atoms with Crippen LogP contribution in [0, 0.1) is 0 Å². The van der Waals surface area contributed by atoms with Gasteiger partial charge in [0.2, 0.25) is 0 Å². The Morgan fingerprint density at radius 2 is 2.07 bits per heavy atom. The molecule has 0 aliphatic carbocycles. The molecule has 0 spiro atoms. The third-order valence-corrected chi connectivity index (χ3v) is 1.81. The molecule has 1 heterocycles. The summed E-state index contributed by atoms with van der Waals surface area (Å²) in [6, 6.07) is 8.36. The van der Waals surface area contributed by atoms with E-state index in [4.69, 9.17) is 5.73 Å². The Morgan fingerprint density at radius 1 is 1.20 bits per heavy atom. The first-order chi connectivity index (χ1) is 7.24. The second kappa shape index (κ2) is 3.83. The molecule has 0 radical (unpaired) electrons. The molecule has 5 heteroatoms. The summed E-state index contributed by atoms with van der Waals surface area (Å²) in [7, 11) is 0. The normalized spacial score (nSPS) is 9.87. The fourth-order valence-corrected chi connectivity index (χ4v) is 1.17. The number of hydrogen-bond acceptors (Lipinski definition) is 5. The van der Waals surface area contributed by atoms with Crippen LogP contribution < -0.4 is 11.1 Å². The first-order valence-electron chi connectivity index (χ1n) is 4.37. The third kappa shape index (κ3) is 2.34. The maximum Gasteiger partial charge on any atom is 0.135 e. The van der Waals surface area contributed by atoms with Crippen molar-refractivity contribution in [3.63, 3.8) is 0 Å². The number of nitrogens with two attached hydrogens (primary N) is 1. The molecular formula is C10H10N4O. The molecule has 2 aromatic rings. The van der Waals surface area contributed by atoms with Crippen LogP contribution >= 0.6 is 0 Å². The molecule has 0 saturated heterocycles. The molecule has 2 rings (SSSR count). The summed E-state index contributed by atoms with van der Waals surface area (Å²) >= 11 is 0. The molecule has 0 fully saturated rings. The van der Waals surface area contributed by atoms with E-state index in [2.05, 4.69) is 15.3 Å². The number of phenolic OH excluding ortho intramolecular Hbond substituents is 1. The quantitative estimate of drug-likeness (QED) is 0.687. The fraction of sp³-hybridized carbons (Fsp3) is 0. The Kier molecular flexibility index (Phi) is 2.37. The van der Waals surface area contributed by atoms with Gasteiger partial charge in [0.05, 0.1) is 0 Å². The Labute approximate surface area is 86.6 Å². The van der Waals surface area contributed by atoms with Crippen molar-refractivity contribution in [1.82, 2.24) is 9.97 Å². The molecule has 0 bridgehead atoms. The molecule has 1 aromatic heterocycles. The first-order valence-corrected chi connectivity index (χ1v) is 4.37. The van der Waals surface area contributed by atoms with Crippen molar-refractivity contribution in [3.8, 4) is 5.75 Å². The number of aromatic hydroxyl groups is 1. The Bertz CT molecular complexity index is 429. The van der Waals surface area contributed by atoms with E-state index in [1.807, 2.05) is 6.07 Å². The zero-order chi connectivity index (χ0) is 10.7. The molecule has 0 amide bonds. The Balaban J connectivity index is 2.22. The number of phenols is 1. The molecule has 4 N–H and O–H groups in total. The number of anilines is 3. The Morgan fingerprint density at radius 3 is 2.80 bits per heavy atom. The lowest BCUT2D eigenvalue weighted by Crippen LogP contribution is -1.96. The first kappa shape index (κ1) is 9.26. The summed E-state index contributed by atoms with van der Waals surface area (Å²) in [5.41, 5.74) is 6.25. The van der Waals surface area contributed by atoms with Gasteiger partial charge in [0.1, 0.15) is 23.7 Å². The van der Waals surface area contributed by atoms with Gasteiger partial charge in [0, 0.05) is 17.8 Å². The standard InChI is InChI=1S/C10H10N4O/c11-9-5-10(13-6-12-9)14-7-2-1-3-8(15)4-7/h1-6,15H,(H3,11,12,13,14). The highest BCUT2D eigenvalue weighted by molar-refractivity contribution is 5.59. The number of aromatic nitrogens is 2. The summed E-state index contributed by atoms with van der Waals surface area (Å²) in [5.74, 6) is 1.18. The average molecular weight is 202 g/mol. The van der Waals surface area contributed by atoms with Crippen LogP contribution in [0.3, 0.4) is 0 Å². The van der Waals surface area contributed by atoms with Crippen LogP contribution in [0.25, 0.3) is 0 Å². The van der Waals surface area contributed by atoms with Crippen LogP contribution in [0.5, 0.6) is 5.75 Å². The molecule has 0 saturated carbocycles.